The summed E-state index contributed by atoms with van der Waals surface area (Å²) in [6.45, 7) is 4.73. The third-order valence-electron chi connectivity index (χ3n) is 4.75. The zero-order valence-electron chi connectivity index (χ0n) is 16.3. The van der Waals surface area contributed by atoms with Crippen molar-refractivity contribution in [1.29, 1.82) is 0 Å². The van der Waals surface area contributed by atoms with Crippen LogP contribution in [0.3, 0.4) is 0 Å². The van der Waals surface area contributed by atoms with Crippen molar-refractivity contribution < 1.29 is 22.4 Å². The van der Waals surface area contributed by atoms with E-state index in [0.717, 1.165) is 17.1 Å². The quantitative estimate of drug-likeness (QED) is 0.554. The highest BCUT2D eigenvalue weighted by molar-refractivity contribution is 7.89. The number of nitrogens with zero attached hydrogens (tertiary/aromatic N) is 2. The van der Waals surface area contributed by atoms with E-state index in [1.807, 2.05) is 0 Å². The van der Waals surface area contributed by atoms with Crippen molar-refractivity contribution in [2.45, 2.75) is 30.4 Å². The molecule has 0 radical (unpaired) electrons. The van der Waals surface area contributed by atoms with Gasteiger partial charge in [-0.25, -0.2) is 8.42 Å². The topological polar surface area (TPSA) is 80.1 Å². The third-order valence-corrected chi connectivity index (χ3v) is 6.58. The monoisotopic (exact) mass is 418 g/mol. The molecule has 1 aliphatic rings. The highest BCUT2D eigenvalue weighted by atomic mass is 32.2. The molecule has 2 heterocycles. The Bertz CT molecular complexity index is 890. The summed E-state index contributed by atoms with van der Waals surface area (Å²) in [5.41, 5.74) is 0. The maximum atomic E-state index is 13.1. The average Bonchev–Trinajstić information content (AvgIpc) is 3.42. The second-order valence-corrected chi connectivity index (χ2v) is 8.83. The van der Waals surface area contributed by atoms with Crippen LogP contribution in [0.2, 0.25) is 0 Å². The van der Waals surface area contributed by atoms with E-state index < -0.39 is 10.0 Å². The van der Waals surface area contributed by atoms with Crippen molar-refractivity contribution in [2.75, 3.05) is 26.2 Å². The highest BCUT2D eigenvalue weighted by Crippen LogP contribution is 2.18. The maximum Gasteiger partial charge on any atom is 0.243 e. The molecule has 1 amide bonds. The summed E-state index contributed by atoms with van der Waals surface area (Å²) in [5, 5.41) is 0. The number of hydrogen-bond donors (Lipinski definition) is 0. The molecule has 1 aliphatic heterocycles. The minimum absolute atomic E-state index is 0.0392. The molecule has 3 rings (SSSR count). The van der Waals surface area contributed by atoms with Gasteiger partial charge in [0.2, 0.25) is 15.9 Å². The van der Waals surface area contributed by atoms with Gasteiger partial charge in [-0.05, 0) is 37.1 Å². The van der Waals surface area contributed by atoms with Crippen LogP contribution in [0.4, 0.5) is 0 Å². The van der Waals surface area contributed by atoms with Gasteiger partial charge < -0.3 is 14.1 Å². The minimum atomic E-state index is -3.82. The molecule has 0 N–H and O–H groups in total. The van der Waals surface area contributed by atoms with E-state index in [4.69, 9.17) is 9.15 Å². The van der Waals surface area contributed by atoms with Crippen LogP contribution in [0, 0.1) is 0 Å². The second kappa shape index (κ2) is 9.87. The van der Waals surface area contributed by atoms with Gasteiger partial charge in [0.15, 0.2) is 0 Å². The van der Waals surface area contributed by atoms with Crippen LogP contribution in [-0.4, -0.2) is 55.9 Å². The van der Waals surface area contributed by atoms with Gasteiger partial charge in [-0.15, -0.1) is 6.58 Å². The molecule has 1 atom stereocenters. The normalized spacial score (nSPS) is 16.8. The van der Waals surface area contributed by atoms with Gasteiger partial charge in [0.1, 0.15) is 5.76 Å². The standard InChI is InChI=1S/C21H26N2O5S/c1-2-12-23(29(25,26)20-10-4-3-5-11-20)17-21(24)22(15-18-8-6-13-27-18)16-19-9-7-14-28-19/h2-6,8,10-11,13,19H,1,7,9,12,14-17H2/t19-/m1/s1. The SMILES string of the molecule is C=CCN(CC(=O)N(Cc1ccco1)C[C@H]1CCCO1)S(=O)(=O)c1ccccc1. The lowest BCUT2D eigenvalue weighted by atomic mass is 10.2. The molecule has 1 aromatic carbocycles. The first kappa shape index (κ1) is 21.3. The van der Waals surface area contributed by atoms with Crippen molar-refractivity contribution in [3.63, 3.8) is 0 Å². The average molecular weight is 419 g/mol. The van der Waals surface area contributed by atoms with Gasteiger partial charge in [0.05, 0.1) is 30.4 Å². The molecule has 0 unspecified atom stereocenters. The number of carbonyl (C=O) groups is 1. The number of hydrogen-bond acceptors (Lipinski definition) is 5. The Hall–Kier alpha value is -2.42. The molecule has 156 valence electrons. The molecule has 8 heteroatoms. The summed E-state index contributed by atoms with van der Waals surface area (Å²) < 4.78 is 38.2. The van der Waals surface area contributed by atoms with Crippen LogP contribution in [0.5, 0.6) is 0 Å². The predicted molar refractivity (Wildman–Crippen MR) is 108 cm³/mol. The molecule has 0 saturated carbocycles. The molecule has 0 spiro atoms. The molecular weight excluding hydrogens is 392 g/mol. The summed E-state index contributed by atoms with van der Waals surface area (Å²) in [4.78, 5) is 14.9. The molecule has 1 aromatic heterocycles. The number of ether oxygens (including phenoxy) is 1. The predicted octanol–water partition coefficient (Wildman–Crippen LogP) is 2.66. The van der Waals surface area contributed by atoms with Gasteiger partial charge in [0, 0.05) is 19.7 Å². The number of furan rings is 1. The zero-order valence-corrected chi connectivity index (χ0v) is 17.1. The van der Waals surface area contributed by atoms with E-state index in [1.165, 1.54) is 18.2 Å². The van der Waals surface area contributed by atoms with Crippen LogP contribution < -0.4 is 0 Å². The van der Waals surface area contributed by atoms with E-state index in [-0.39, 0.29) is 36.5 Å². The molecule has 0 bridgehead atoms. The van der Waals surface area contributed by atoms with Gasteiger partial charge in [-0.3, -0.25) is 4.79 Å². The summed E-state index contributed by atoms with van der Waals surface area (Å²) in [6.07, 6.45) is 4.81. The van der Waals surface area contributed by atoms with Crippen molar-refractivity contribution in [3.8, 4) is 0 Å². The van der Waals surface area contributed by atoms with Crippen LogP contribution in [-0.2, 0) is 26.1 Å². The lowest BCUT2D eigenvalue weighted by Crippen LogP contribution is -2.45. The number of sulfonamides is 1. The van der Waals surface area contributed by atoms with Crippen molar-refractivity contribution in [2.24, 2.45) is 0 Å². The molecule has 1 fully saturated rings. The lowest BCUT2D eigenvalue weighted by molar-refractivity contribution is -0.133. The van der Waals surface area contributed by atoms with Gasteiger partial charge in [-0.1, -0.05) is 24.3 Å². The van der Waals surface area contributed by atoms with Crippen molar-refractivity contribution in [1.82, 2.24) is 9.21 Å². The summed E-state index contributed by atoms with van der Waals surface area (Å²) >= 11 is 0. The van der Waals surface area contributed by atoms with Crippen LogP contribution in [0.1, 0.15) is 18.6 Å². The first-order chi connectivity index (χ1) is 14.0. The Labute approximate surface area is 171 Å². The Morgan fingerprint density at radius 1 is 1.21 bits per heavy atom. The molecule has 2 aromatic rings. The van der Waals surface area contributed by atoms with E-state index >= 15 is 0 Å². The maximum absolute atomic E-state index is 13.1. The summed E-state index contributed by atoms with van der Waals surface area (Å²) in [7, 11) is -3.82. The van der Waals surface area contributed by atoms with E-state index in [1.54, 1.807) is 41.5 Å². The smallest absolute Gasteiger partial charge is 0.243 e. The lowest BCUT2D eigenvalue weighted by Gasteiger charge is -2.28. The Morgan fingerprint density at radius 3 is 2.62 bits per heavy atom. The Kier molecular flexibility index (Phi) is 7.24. The molecule has 1 saturated heterocycles. The Balaban J connectivity index is 1.78. The van der Waals surface area contributed by atoms with Crippen molar-refractivity contribution >= 4 is 15.9 Å². The van der Waals surface area contributed by atoms with E-state index in [0.29, 0.717) is 18.9 Å². The van der Waals surface area contributed by atoms with Crippen LogP contribution in [0.25, 0.3) is 0 Å². The minimum Gasteiger partial charge on any atom is -0.467 e. The Morgan fingerprint density at radius 2 is 2.00 bits per heavy atom. The molecule has 0 aliphatic carbocycles. The molecule has 29 heavy (non-hydrogen) atoms. The van der Waals surface area contributed by atoms with Gasteiger partial charge >= 0.3 is 0 Å². The second-order valence-electron chi connectivity index (χ2n) is 6.89. The van der Waals surface area contributed by atoms with Crippen LogP contribution >= 0.6 is 0 Å². The third kappa shape index (κ3) is 5.56. The zero-order chi connectivity index (χ0) is 20.7. The van der Waals surface area contributed by atoms with Gasteiger partial charge in [-0.2, -0.15) is 4.31 Å². The number of amides is 1. The highest BCUT2D eigenvalue weighted by Gasteiger charge is 2.29. The fourth-order valence-corrected chi connectivity index (χ4v) is 4.64. The van der Waals surface area contributed by atoms with Crippen LogP contribution in [0.15, 0.2) is 70.7 Å². The van der Waals surface area contributed by atoms with Gasteiger partial charge in [0.25, 0.3) is 0 Å². The number of carbonyl (C=O) groups excluding carboxylic acids is 1. The first-order valence-electron chi connectivity index (χ1n) is 9.58. The molecular formula is C21H26N2O5S. The van der Waals surface area contributed by atoms with E-state index in [9.17, 15) is 13.2 Å². The number of rotatable bonds is 10. The fourth-order valence-electron chi connectivity index (χ4n) is 3.26. The fraction of sp³-hybridized carbons (Fsp3) is 0.381. The van der Waals surface area contributed by atoms with E-state index in [2.05, 4.69) is 6.58 Å². The molecule has 7 nitrogen and oxygen atoms in total. The summed E-state index contributed by atoms with van der Waals surface area (Å²) in [5.74, 6) is 0.329. The number of benzene rings is 1. The summed E-state index contributed by atoms with van der Waals surface area (Å²) in [6, 6.07) is 11.6. The first-order valence-corrected chi connectivity index (χ1v) is 11.0. The van der Waals surface area contributed by atoms with Crippen molar-refractivity contribution in [3.05, 3.63) is 67.1 Å². The largest absolute Gasteiger partial charge is 0.467 e.